The van der Waals surface area contributed by atoms with E-state index in [1.807, 2.05) is 65.0 Å². The topological polar surface area (TPSA) is 86.8 Å². The number of sulfonamides is 1. The second kappa shape index (κ2) is 11.3. The zero-order valence-electron chi connectivity index (χ0n) is 20.4. The van der Waals surface area contributed by atoms with Crippen molar-refractivity contribution in [3.63, 3.8) is 0 Å². The first kappa shape index (κ1) is 26.4. The normalized spacial score (nSPS) is 12.2. The Balaban J connectivity index is 2.49. The van der Waals surface area contributed by atoms with Gasteiger partial charge in [-0.15, -0.1) is 0 Å². The largest absolute Gasteiger partial charge is 0.355 e. The summed E-state index contributed by atoms with van der Waals surface area (Å²) in [5.74, 6) is -0.678. The van der Waals surface area contributed by atoms with Crippen LogP contribution in [0.5, 0.6) is 0 Å². The number of hydrogen-bond donors (Lipinski definition) is 1. The average molecular weight is 474 g/mol. The second-order valence-corrected chi connectivity index (χ2v) is 10.2. The molecule has 0 aliphatic carbocycles. The van der Waals surface area contributed by atoms with Crippen LogP contribution in [0.2, 0.25) is 0 Å². The van der Waals surface area contributed by atoms with Crippen LogP contribution in [0.4, 0.5) is 5.69 Å². The number of likely N-dealkylation sites (N-methyl/N-ethyl adjacent to an activating group) is 1. The van der Waals surface area contributed by atoms with Crippen molar-refractivity contribution >= 4 is 27.5 Å². The number of anilines is 1. The lowest BCUT2D eigenvalue weighted by Crippen LogP contribution is -2.52. The molecular formula is C25H35N3O4S. The molecule has 0 saturated carbocycles. The monoisotopic (exact) mass is 473 g/mol. The first-order valence-electron chi connectivity index (χ1n) is 11.2. The van der Waals surface area contributed by atoms with Gasteiger partial charge in [0.2, 0.25) is 21.8 Å². The molecule has 2 rings (SSSR count). The van der Waals surface area contributed by atoms with Gasteiger partial charge in [0, 0.05) is 13.1 Å². The molecule has 1 N–H and O–H groups in total. The van der Waals surface area contributed by atoms with Gasteiger partial charge >= 0.3 is 0 Å². The zero-order chi connectivity index (χ0) is 24.8. The Kier molecular flexibility index (Phi) is 9.05. The fraction of sp³-hybridized carbons (Fsp3) is 0.440. The predicted octanol–water partition coefficient (Wildman–Crippen LogP) is 3.32. The maximum atomic E-state index is 13.6. The summed E-state index contributed by atoms with van der Waals surface area (Å²) in [5.41, 5.74) is 4.09. The molecule has 0 unspecified atom stereocenters. The van der Waals surface area contributed by atoms with E-state index < -0.39 is 22.0 Å². The van der Waals surface area contributed by atoms with Gasteiger partial charge in [-0.3, -0.25) is 13.9 Å². The molecule has 0 saturated heterocycles. The SMILES string of the molecule is CCNC(=O)[C@H](CC)N(Cc1ccccc1C)C(=O)CN(c1cccc(C)c1C)S(C)(=O)=O. The molecule has 8 heteroatoms. The Hall–Kier alpha value is -2.87. The molecule has 0 fully saturated rings. The van der Waals surface area contributed by atoms with Gasteiger partial charge in [0.1, 0.15) is 12.6 Å². The highest BCUT2D eigenvalue weighted by molar-refractivity contribution is 7.92. The van der Waals surface area contributed by atoms with Crippen LogP contribution < -0.4 is 9.62 Å². The zero-order valence-corrected chi connectivity index (χ0v) is 21.2. The van der Waals surface area contributed by atoms with Crippen LogP contribution in [0.1, 0.15) is 42.5 Å². The van der Waals surface area contributed by atoms with Gasteiger partial charge in [-0.05, 0) is 62.4 Å². The molecule has 2 aromatic carbocycles. The van der Waals surface area contributed by atoms with Crippen molar-refractivity contribution in [3.05, 3.63) is 64.7 Å². The van der Waals surface area contributed by atoms with Crippen molar-refractivity contribution in [2.45, 2.75) is 53.6 Å². The number of nitrogens with one attached hydrogen (secondary N) is 1. The molecule has 0 radical (unpaired) electrons. The molecule has 33 heavy (non-hydrogen) atoms. The third kappa shape index (κ3) is 6.57. The maximum Gasteiger partial charge on any atom is 0.244 e. The van der Waals surface area contributed by atoms with Gasteiger partial charge in [0.05, 0.1) is 11.9 Å². The molecular weight excluding hydrogens is 438 g/mol. The van der Waals surface area contributed by atoms with Crippen LogP contribution in [0.25, 0.3) is 0 Å². The number of amides is 2. The Morgan fingerprint density at radius 3 is 2.18 bits per heavy atom. The van der Waals surface area contributed by atoms with Crippen LogP contribution >= 0.6 is 0 Å². The average Bonchev–Trinajstić information content (AvgIpc) is 2.74. The molecule has 0 bridgehead atoms. The maximum absolute atomic E-state index is 13.6. The Bertz CT molecular complexity index is 1100. The van der Waals surface area contributed by atoms with Crippen LogP contribution in [0.15, 0.2) is 42.5 Å². The minimum atomic E-state index is -3.74. The number of benzene rings is 2. The summed E-state index contributed by atoms with van der Waals surface area (Å²) in [6.07, 6.45) is 1.50. The molecule has 7 nitrogen and oxygen atoms in total. The van der Waals surface area contributed by atoms with E-state index in [2.05, 4.69) is 5.32 Å². The number of rotatable bonds is 10. The highest BCUT2D eigenvalue weighted by Gasteiger charge is 2.32. The smallest absolute Gasteiger partial charge is 0.244 e. The molecule has 180 valence electrons. The second-order valence-electron chi connectivity index (χ2n) is 8.26. The fourth-order valence-electron chi connectivity index (χ4n) is 3.78. The summed E-state index contributed by atoms with van der Waals surface area (Å²) >= 11 is 0. The first-order valence-corrected chi connectivity index (χ1v) is 13.0. The van der Waals surface area contributed by atoms with E-state index in [4.69, 9.17) is 0 Å². The number of nitrogens with zero attached hydrogens (tertiary/aromatic N) is 2. The summed E-state index contributed by atoms with van der Waals surface area (Å²) in [5, 5.41) is 2.80. The van der Waals surface area contributed by atoms with Gasteiger partial charge in [-0.1, -0.05) is 43.3 Å². The fourth-order valence-corrected chi connectivity index (χ4v) is 4.68. The highest BCUT2D eigenvalue weighted by Crippen LogP contribution is 2.25. The summed E-state index contributed by atoms with van der Waals surface area (Å²) in [4.78, 5) is 27.9. The summed E-state index contributed by atoms with van der Waals surface area (Å²) in [6, 6.07) is 12.3. The lowest BCUT2D eigenvalue weighted by Gasteiger charge is -2.33. The van der Waals surface area contributed by atoms with E-state index in [1.165, 1.54) is 4.90 Å². The van der Waals surface area contributed by atoms with Gasteiger partial charge < -0.3 is 10.2 Å². The number of carbonyl (C=O) groups is 2. The molecule has 0 heterocycles. The predicted molar refractivity (Wildman–Crippen MR) is 133 cm³/mol. The molecule has 2 amide bonds. The molecule has 0 spiro atoms. The number of aryl methyl sites for hydroxylation is 2. The third-order valence-electron chi connectivity index (χ3n) is 5.86. The van der Waals surface area contributed by atoms with E-state index >= 15 is 0 Å². The van der Waals surface area contributed by atoms with Crippen molar-refractivity contribution in [1.82, 2.24) is 10.2 Å². The van der Waals surface area contributed by atoms with E-state index in [1.54, 1.807) is 12.1 Å². The molecule has 0 aliphatic rings. The van der Waals surface area contributed by atoms with Gasteiger partial charge in [-0.2, -0.15) is 0 Å². The molecule has 0 aromatic heterocycles. The lowest BCUT2D eigenvalue weighted by atomic mass is 10.1. The quantitative estimate of drug-likeness (QED) is 0.574. The highest BCUT2D eigenvalue weighted by atomic mass is 32.2. The van der Waals surface area contributed by atoms with Crippen molar-refractivity contribution in [2.75, 3.05) is 23.7 Å². The third-order valence-corrected chi connectivity index (χ3v) is 6.99. The minimum Gasteiger partial charge on any atom is -0.355 e. The standard InChI is InChI=1S/C25H35N3O4S/c1-7-22(25(30)26-8-2)27(16-21-14-10-9-12-19(21)4)24(29)17-28(33(6,31)32)23-15-11-13-18(3)20(23)5/h9-15,22H,7-8,16-17H2,1-6H3,(H,26,30)/t22-/m0/s1. The summed E-state index contributed by atoms with van der Waals surface area (Å²) in [6.45, 7) is 9.62. The van der Waals surface area contributed by atoms with Gasteiger partial charge in [-0.25, -0.2) is 8.42 Å². The van der Waals surface area contributed by atoms with Crippen LogP contribution in [0.3, 0.4) is 0 Å². The van der Waals surface area contributed by atoms with Crippen LogP contribution in [-0.2, 0) is 26.2 Å². The Morgan fingerprint density at radius 1 is 0.970 bits per heavy atom. The first-order chi connectivity index (χ1) is 15.5. The van der Waals surface area contributed by atoms with Crippen molar-refractivity contribution in [1.29, 1.82) is 0 Å². The number of hydrogen-bond acceptors (Lipinski definition) is 4. The molecule has 1 atom stereocenters. The van der Waals surface area contributed by atoms with Crippen molar-refractivity contribution in [3.8, 4) is 0 Å². The molecule has 0 aliphatic heterocycles. The summed E-state index contributed by atoms with van der Waals surface area (Å²) < 4.78 is 26.6. The molecule has 2 aromatic rings. The van der Waals surface area contributed by atoms with E-state index in [9.17, 15) is 18.0 Å². The Morgan fingerprint density at radius 2 is 1.61 bits per heavy atom. The lowest BCUT2D eigenvalue weighted by molar-refractivity contribution is -0.140. The Labute approximate surface area is 197 Å². The van der Waals surface area contributed by atoms with E-state index in [-0.39, 0.29) is 19.0 Å². The van der Waals surface area contributed by atoms with Crippen molar-refractivity contribution < 1.29 is 18.0 Å². The summed E-state index contributed by atoms with van der Waals surface area (Å²) in [7, 11) is -3.74. The van der Waals surface area contributed by atoms with Crippen LogP contribution in [0, 0.1) is 20.8 Å². The van der Waals surface area contributed by atoms with Gasteiger partial charge in [0.15, 0.2) is 0 Å². The van der Waals surface area contributed by atoms with Crippen LogP contribution in [-0.4, -0.2) is 50.5 Å². The number of carbonyl (C=O) groups excluding carboxylic acids is 2. The van der Waals surface area contributed by atoms with E-state index in [0.717, 1.165) is 32.8 Å². The van der Waals surface area contributed by atoms with Crippen molar-refractivity contribution in [2.24, 2.45) is 0 Å². The minimum absolute atomic E-state index is 0.214. The van der Waals surface area contributed by atoms with E-state index in [0.29, 0.717) is 18.7 Å². The van der Waals surface area contributed by atoms with Gasteiger partial charge in [0.25, 0.3) is 0 Å².